The van der Waals surface area contributed by atoms with Gasteiger partial charge in [0.05, 0.1) is 5.58 Å². The van der Waals surface area contributed by atoms with Gasteiger partial charge >= 0.3 is 0 Å². The van der Waals surface area contributed by atoms with Gasteiger partial charge in [0.2, 0.25) is 0 Å². The molecule has 57 heavy (non-hydrogen) atoms. The van der Waals surface area contributed by atoms with Gasteiger partial charge in [0.1, 0.15) is 5.58 Å². The first-order valence-corrected chi connectivity index (χ1v) is 20.1. The second-order valence-corrected chi connectivity index (χ2v) is 17.0. The Morgan fingerprint density at radius 3 is 2.35 bits per heavy atom. The number of aromatic nitrogens is 2. The first-order chi connectivity index (χ1) is 29.9. The van der Waals surface area contributed by atoms with Crippen molar-refractivity contribution in [3.05, 3.63) is 144 Å². The van der Waals surface area contributed by atoms with E-state index in [0.29, 0.717) is 46.2 Å². The average molecular weight is 932 g/mol. The SMILES string of the molecule is [2H]C([2H])([2H])c1c[c-]c(-c2cc(C(C)(C)C)ccn2)cc1.[2H]C([2H])([2H])c1cnc(-c2[c-]ccc3c2oc2cc4c(ccc5ccccc54)cc23)cc1C1([2H])CCC2(CCCCC2)CC1.[Ir]. The summed E-state index contributed by atoms with van der Waals surface area (Å²) in [7, 11) is 0. The van der Waals surface area contributed by atoms with Gasteiger partial charge in [-0.05, 0) is 130 Å². The molecule has 4 heteroatoms. The van der Waals surface area contributed by atoms with E-state index in [1.54, 1.807) is 18.3 Å². The van der Waals surface area contributed by atoms with Gasteiger partial charge in [0.15, 0.2) is 0 Å². The molecule has 3 nitrogen and oxygen atoms in total. The van der Waals surface area contributed by atoms with Gasteiger partial charge in [-0.25, -0.2) is 0 Å². The molecule has 1 spiro atoms. The molecule has 8 aromatic rings. The number of benzene rings is 5. The van der Waals surface area contributed by atoms with E-state index in [4.69, 9.17) is 12.6 Å². The fourth-order valence-corrected chi connectivity index (χ4v) is 9.10. The Bertz CT molecular complexity index is 2970. The predicted octanol–water partition coefficient (Wildman–Crippen LogP) is 14.8. The molecule has 1 radical (unpaired) electrons. The maximum atomic E-state index is 9.63. The summed E-state index contributed by atoms with van der Waals surface area (Å²) in [5.74, 6) is -0.954. The van der Waals surface area contributed by atoms with Crippen LogP contribution in [0.5, 0.6) is 0 Å². The third-order valence-electron chi connectivity index (χ3n) is 12.4. The topological polar surface area (TPSA) is 38.9 Å². The maximum absolute atomic E-state index is 9.63. The summed E-state index contributed by atoms with van der Waals surface area (Å²) < 4.78 is 63.2. The minimum absolute atomic E-state index is 0. The van der Waals surface area contributed by atoms with Crippen molar-refractivity contribution in [3.8, 4) is 22.5 Å². The molecule has 0 atom stereocenters. The zero-order valence-corrected chi connectivity index (χ0v) is 35.3. The van der Waals surface area contributed by atoms with Crippen molar-refractivity contribution in [2.75, 3.05) is 0 Å². The summed E-state index contributed by atoms with van der Waals surface area (Å²) in [6.07, 6.45) is 12.9. The second-order valence-electron chi connectivity index (χ2n) is 17.0. The zero-order chi connectivity index (χ0) is 44.4. The minimum atomic E-state index is -2.34. The molecule has 10 rings (SSSR count). The molecule has 291 valence electrons. The molecule has 0 bridgehead atoms. The fraction of sp³-hybridized carbons (Fsp3) is 0.321. The minimum Gasteiger partial charge on any atom is -0.501 e. The smallest absolute Gasteiger partial charge is 0.121 e. The van der Waals surface area contributed by atoms with E-state index in [2.05, 4.69) is 91.4 Å². The number of hydrogen-bond donors (Lipinski definition) is 0. The second kappa shape index (κ2) is 16.0. The third kappa shape index (κ3) is 7.84. The molecule has 2 fully saturated rings. The molecule has 0 aliphatic heterocycles. The number of hydrogen-bond acceptors (Lipinski definition) is 3. The number of fused-ring (bicyclic) bond motifs is 6. The summed E-state index contributed by atoms with van der Waals surface area (Å²) in [4.78, 5) is 9.01. The number of aryl methyl sites for hydroxylation is 2. The monoisotopic (exact) mass is 932 g/mol. The molecule has 5 aromatic carbocycles. The van der Waals surface area contributed by atoms with Crippen LogP contribution in [0.15, 0.2) is 114 Å². The van der Waals surface area contributed by atoms with Gasteiger partial charge in [-0.3, -0.25) is 0 Å². The summed E-state index contributed by atoms with van der Waals surface area (Å²) in [6.45, 7) is 2.01. The Kier molecular flexibility index (Phi) is 8.78. The molecule has 2 saturated carbocycles. The maximum Gasteiger partial charge on any atom is 0.121 e. The molecule has 0 amide bonds. The normalized spacial score (nSPS) is 18.6. The van der Waals surface area contributed by atoms with Crippen molar-refractivity contribution in [2.45, 2.75) is 104 Å². The van der Waals surface area contributed by atoms with E-state index in [0.717, 1.165) is 51.2 Å². The van der Waals surface area contributed by atoms with Gasteiger partial charge in [-0.1, -0.05) is 106 Å². The van der Waals surface area contributed by atoms with Crippen LogP contribution in [0, 0.1) is 31.3 Å². The van der Waals surface area contributed by atoms with Crippen molar-refractivity contribution < 1.29 is 34.1 Å². The van der Waals surface area contributed by atoms with E-state index in [1.807, 2.05) is 30.3 Å². The Labute approximate surface area is 361 Å². The zero-order valence-electron chi connectivity index (χ0n) is 39.9. The van der Waals surface area contributed by atoms with E-state index >= 15 is 0 Å². The van der Waals surface area contributed by atoms with E-state index in [9.17, 15) is 1.37 Å². The summed E-state index contributed by atoms with van der Waals surface area (Å²) in [6, 6.07) is 38.0. The number of rotatable bonds is 3. The van der Waals surface area contributed by atoms with E-state index in [1.165, 1.54) is 60.7 Å². The molecular formula is C53H52IrN2O-2. The van der Waals surface area contributed by atoms with E-state index in [-0.39, 0.29) is 31.1 Å². The predicted molar refractivity (Wildman–Crippen MR) is 234 cm³/mol. The van der Waals surface area contributed by atoms with Gasteiger partial charge in [0, 0.05) is 47.5 Å². The van der Waals surface area contributed by atoms with Crippen LogP contribution in [0.25, 0.3) is 66.0 Å². The first kappa shape index (κ1) is 31.4. The molecule has 3 heterocycles. The molecule has 2 aliphatic rings. The van der Waals surface area contributed by atoms with Crippen LogP contribution in [-0.4, -0.2) is 9.97 Å². The van der Waals surface area contributed by atoms with Crippen molar-refractivity contribution in [2.24, 2.45) is 5.41 Å². The van der Waals surface area contributed by atoms with Crippen LogP contribution in [0.3, 0.4) is 0 Å². The molecular weight excluding hydrogens is 873 g/mol. The van der Waals surface area contributed by atoms with Crippen LogP contribution in [0.4, 0.5) is 0 Å². The van der Waals surface area contributed by atoms with Crippen molar-refractivity contribution in [1.82, 2.24) is 9.97 Å². The van der Waals surface area contributed by atoms with Gasteiger partial charge in [-0.2, -0.15) is 0 Å². The molecule has 3 aromatic heterocycles. The number of pyridine rings is 2. The fourth-order valence-electron chi connectivity index (χ4n) is 9.10. The Morgan fingerprint density at radius 1 is 0.754 bits per heavy atom. The van der Waals surface area contributed by atoms with Crippen LogP contribution in [0.2, 0.25) is 0 Å². The Morgan fingerprint density at radius 2 is 1.58 bits per heavy atom. The standard InChI is InChI=1S/C37H34NO.C16H18N.Ir/c1-24-23-38-34(21-31(24)26-14-18-37(19-15-26)16-5-2-6-17-37)30-11-7-10-29-33-20-27-13-12-25-8-3-4-9-28(25)32(27)22-35(33)39-36(29)30;1-12-5-7-13(8-6-12)15-11-14(9-10-17-15)16(2,3)4;/h3-4,7-10,12-13,20-23,26H,2,5-6,14-19H2,1H3;5-7,9-11H,1-4H3;/q2*-1;/i1D3,26D;1D3;. The molecule has 0 N–H and O–H groups in total. The number of furan rings is 1. The quantitative estimate of drug-likeness (QED) is 0.131. The Balaban J connectivity index is 0.000000225. The molecule has 0 saturated heterocycles. The van der Waals surface area contributed by atoms with Crippen molar-refractivity contribution in [1.29, 1.82) is 0 Å². The molecule has 2 aliphatic carbocycles. The van der Waals surface area contributed by atoms with Crippen LogP contribution in [-0.2, 0) is 25.5 Å². The van der Waals surface area contributed by atoms with Crippen LogP contribution in [0.1, 0.15) is 116 Å². The summed E-state index contributed by atoms with van der Waals surface area (Å²) >= 11 is 0. The Hall–Kier alpha value is -4.63. The van der Waals surface area contributed by atoms with Crippen LogP contribution < -0.4 is 0 Å². The van der Waals surface area contributed by atoms with E-state index < -0.39 is 19.6 Å². The van der Waals surface area contributed by atoms with Gasteiger partial charge in [0.25, 0.3) is 0 Å². The van der Waals surface area contributed by atoms with Gasteiger partial charge in [-0.15, -0.1) is 53.6 Å². The number of nitrogens with zero attached hydrogens (tertiary/aromatic N) is 2. The third-order valence-corrected chi connectivity index (χ3v) is 12.4. The first-order valence-electron chi connectivity index (χ1n) is 23.6. The van der Waals surface area contributed by atoms with Gasteiger partial charge < -0.3 is 14.4 Å². The largest absolute Gasteiger partial charge is 0.501 e. The van der Waals surface area contributed by atoms with Crippen molar-refractivity contribution in [3.63, 3.8) is 0 Å². The van der Waals surface area contributed by atoms with Crippen LogP contribution >= 0.6 is 0 Å². The summed E-state index contributed by atoms with van der Waals surface area (Å²) in [5.41, 5.74) is 7.06. The average Bonchev–Trinajstić information content (AvgIpc) is 3.64. The molecule has 0 unspecified atom stereocenters. The van der Waals surface area contributed by atoms with Crippen molar-refractivity contribution >= 4 is 43.5 Å². The summed E-state index contributed by atoms with van der Waals surface area (Å²) in [5, 5.41) is 6.65.